The average molecular weight is 218 g/mol. The zero-order valence-electron chi connectivity index (χ0n) is 9.99. The molecule has 0 aliphatic carbocycles. The highest BCUT2D eigenvalue weighted by atomic mass is 16.5. The van der Waals surface area contributed by atoms with Crippen LogP contribution in [-0.4, -0.2) is 35.0 Å². The molecule has 90 valence electrons. The minimum Gasteiger partial charge on any atom is -0.466 e. The van der Waals surface area contributed by atoms with E-state index < -0.39 is 18.2 Å². The fraction of sp³-hybridized carbons (Fsp3) is 0.909. The van der Waals surface area contributed by atoms with Crippen LogP contribution in [0.1, 0.15) is 40.5 Å². The van der Waals surface area contributed by atoms with E-state index in [4.69, 9.17) is 4.74 Å². The highest BCUT2D eigenvalue weighted by Crippen LogP contribution is 2.23. The van der Waals surface area contributed by atoms with E-state index in [0.717, 1.165) is 0 Å². The molecule has 2 N–H and O–H groups in total. The van der Waals surface area contributed by atoms with Crippen molar-refractivity contribution in [3.8, 4) is 0 Å². The van der Waals surface area contributed by atoms with Crippen LogP contribution in [0.3, 0.4) is 0 Å². The first kappa shape index (κ1) is 14.4. The van der Waals surface area contributed by atoms with Gasteiger partial charge in [0, 0.05) is 6.42 Å². The van der Waals surface area contributed by atoms with Crippen LogP contribution >= 0.6 is 0 Å². The van der Waals surface area contributed by atoms with Gasteiger partial charge in [-0.3, -0.25) is 4.79 Å². The number of aliphatic hydroxyl groups is 2. The molecule has 0 aliphatic rings. The first-order valence-electron chi connectivity index (χ1n) is 5.29. The lowest BCUT2D eigenvalue weighted by Gasteiger charge is -2.27. The van der Waals surface area contributed by atoms with Gasteiger partial charge in [0.15, 0.2) is 0 Å². The molecule has 0 fully saturated rings. The van der Waals surface area contributed by atoms with E-state index in [1.54, 1.807) is 6.92 Å². The Morgan fingerprint density at radius 1 is 1.33 bits per heavy atom. The Morgan fingerprint density at radius 3 is 2.27 bits per heavy atom. The summed E-state index contributed by atoms with van der Waals surface area (Å²) in [5, 5.41) is 19.2. The lowest BCUT2D eigenvalue weighted by molar-refractivity contribution is -0.145. The maximum atomic E-state index is 11.0. The Labute approximate surface area is 91.3 Å². The van der Waals surface area contributed by atoms with Crippen molar-refractivity contribution in [3.63, 3.8) is 0 Å². The van der Waals surface area contributed by atoms with Gasteiger partial charge in [0.05, 0.1) is 25.2 Å². The number of hydrogen-bond acceptors (Lipinski definition) is 4. The highest BCUT2D eigenvalue weighted by Gasteiger charge is 2.25. The highest BCUT2D eigenvalue weighted by molar-refractivity contribution is 5.69. The normalized spacial score (nSPS) is 15.9. The third-order valence-corrected chi connectivity index (χ3v) is 2.20. The predicted octanol–water partition coefficient (Wildman–Crippen LogP) is 1.10. The predicted molar refractivity (Wildman–Crippen MR) is 57.3 cm³/mol. The molecule has 4 heteroatoms. The van der Waals surface area contributed by atoms with Gasteiger partial charge in [-0.2, -0.15) is 0 Å². The van der Waals surface area contributed by atoms with Crippen LogP contribution in [0.5, 0.6) is 0 Å². The van der Waals surface area contributed by atoms with Crippen LogP contribution in [0.25, 0.3) is 0 Å². The van der Waals surface area contributed by atoms with Crippen LogP contribution in [0, 0.1) is 5.41 Å². The van der Waals surface area contributed by atoms with Gasteiger partial charge in [-0.25, -0.2) is 0 Å². The molecule has 0 amide bonds. The molecule has 0 aromatic rings. The van der Waals surface area contributed by atoms with Gasteiger partial charge in [-0.1, -0.05) is 20.8 Å². The fourth-order valence-electron chi connectivity index (χ4n) is 1.11. The number of aliphatic hydroxyl groups excluding tert-OH is 2. The van der Waals surface area contributed by atoms with Gasteiger partial charge in [-0.15, -0.1) is 0 Å². The van der Waals surface area contributed by atoms with Crippen molar-refractivity contribution in [1.82, 2.24) is 0 Å². The maximum absolute atomic E-state index is 11.0. The van der Waals surface area contributed by atoms with Gasteiger partial charge in [0.25, 0.3) is 0 Å². The minimum atomic E-state index is -0.835. The molecular formula is C11H22O4. The van der Waals surface area contributed by atoms with E-state index in [1.165, 1.54) is 0 Å². The molecule has 0 aliphatic heterocycles. The third kappa shape index (κ3) is 6.47. The fourth-order valence-corrected chi connectivity index (χ4v) is 1.11. The van der Waals surface area contributed by atoms with Gasteiger partial charge >= 0.3 is 5.97 Å². The summed E-state index contributed by atoms with van der Waals surface area (Å²) in [6, 6.07) is 0. The van der Waals surface area contributed by atoms with E-state index in [9.17, 15) is 15.0 Å². The van der Waals surface area contributed by atoms with Gasteiger partial charge in [-0.05, 0) is 12.3 Å². The summed E-state index contributed by atoms with van der Waals surface area (Å²) < 4.78 is 4.70. The Kier molecular flexibility index (Phi) is 5.83. The molecular weight excluding hydrogens is 196 g/mol. The van der Waals surface area contributed by atoms with Crippen molar-refractivity contribution >= 4 is 5.97 Å². The molecule has 4 nitrogen and oxygen atoms in total. The van der Waals surface area contributed by atoms with Crippen LogP contribution in [-0.2, 0) is 9.53 Å². The summed E-state index contributed by atoms with van der Waals surface area (Å²) >= 11 is 0. The molecule has 2 atom stereocenters. The first-order chi connectivity index (χ1) is 6.77. The number of carbonyl (C=O) groups is 1. The van der Waals surface area contributed by atoms with Gasteiger partial charge in [0.2, 0.25) is 0 Å². The third-order valence-electron chi connectivity index (χ3n) is 2.20. The van der Waals surface area contributed by atoms with E-state index >= 15 is 0 Å². The summed E-state index contributed by atoms with van der Waals surface area (Å²) in [5.41, 5.74) is -0.282. The summed E-state index contributed by atoms with van der Waals surface area (Å²) in [6.07, 6.45) is -1.32. The molecule has 0 heterocycles. The van der Waals surface area contributed by atoms with Crippen molar-refractivity contribution < 1.29 is 19.7 Å². The number of carbonyl (C=O) groups excluding carboxylic acids is 1. The van der Waals surface area contributed by atoms with Crippen molar-refractivity contribution in [2.75, 3.05) is 6.61 Å². The van der Waals surface area contributed by atoms with E-state index in [2.05, 4.69) is 0 Å². The molecule has 0 rings (SSSR count). The SMILES string of the molecule is CCOC(=O)C[C@H](O)C[C@H](O)C(C)(C)C. The largest absolute Gasteiger partial charge is 0.466 e. The topological polar surface area (TPSA) is 66.8 Å². The first-order valence-corrected chi connectivity index (χ1v) is 5.29. The maximum Gasteiger partial charge on any atom is 0.308 e. The lowest BCUT2D eigenvalue weighted by atomic mass is 9.85. The summed E-state index contributed by atoms with van der Waals surface area (Å²) in [6.45, 7) is 7.68. The molecule has 0 radical (unpaired) electrons. The van der Waals surface area contributed by atoms with Crippen LogP contribution in [0.4, 0.5) is 0 Å². The van der Waals surface area contributed by atoms with Crippen LogP contribution < -0.4 is 0 Å². The molecule has 15 heavy (non-hydrogen) atoms. The number of rotatable bonds is 5. The van der Waals surface area contributed by atoms with Crippen molar-refractivity contribution in [2.24, 2.45) is 5.41 Å². The van der Waals surface area contributed by atoms with Gasteiger partial charge in [0.1, 0.15) is 0 Å². The Bertz CT molecular complexity index is 195. The van der Waals surface area contributed by atoms with E-state index in [1.807, 2.05) is 20.8 Å². The smallest absolute Gasteiger partial charge is 0.308 e. The monoisotopic (exact) mass is 218 g/mol. The zero-order chi connectivity index (χ0) is 12.1. The number of esters is 1. The average Bonchev–Trinajstić information content (AvgIpc) is 2.01. The molecule has 0 aromatic carbocycles. The number of hydrogen-bond donors (Lipinski definition) is 2. The Hall–Kier alpha value is -0.610. The Morgan fingerprint density at radius 2 is 1.87 bits per heavy atom. The van der Waals surface area contributed by atoms with Crippen molar-refractivity contribution in [3.05, 3.63) is 0 Å². The lowest BCUT2D eigenvalue weighted by Crippen LogP contribution is -2.31. The molecule has 0 bridgehead atoms. The second kappa shape index (κ2) is 6.08. The van der Waals surface area contributed by atoms with Crippen LogP contribution in [0.15, 0.2) is 0 Å². The molecule has 0 unspecified atom stereocenters. The molecule has 0 saturated heterocycles. The Balaban J connectivity index is 3.93. The van der Waals surface area contributed by atoms with Crippen LogP contribution in [0.2, 0.25) is 0 Å². The van der Waals surface area contributed by atoms with E-state index in [-0.39, 0.29) is 18.3 Å². The summed E-state index contributed by atoms with van der Waals surface area (Å²) in [7, 11) is 0. The summed E-state index contributed by atoms with van der Waals surface area (Å²) in [4.78, 5) is 11.0. The molecule has 0 aromatic heterocycles. The second-order valence-electron chi connectivity index (χ2n) is 4.78. The standard InChI is InChI=1S/C11H22O4/c1-5-15-10(14)7-8(12)6-9(13)11(2,3)4/h8-9,12-13H,5-7H2,1-4H3/t8-,9+/m1/s1. The van der Waals surface area contributed by atoms with Crippen molar-refractivity contribution in [2.45, 2.75) is 52.7 Å². The second-order valence-corrected chi connectivity index (χ2v) is 4.78. The number of ether oxygens (including phenoxy) is 1. The summed E-state index contributed by atoms with van der Waals surface area (Å²) in [5.74, 6) is -0.425. The van der Waals surface area contributed by atoms with Crippen molar-refractivity contribution in [1.29, 1.82) is 0 Å². The van der Waals surface area contributed by atoms with Gasteiger partial charge < -0.3 is 14.9 Å². The minimum absolute atomic E-state index is 0.0546. The molecule has 0 saturated carbocycles. The van der Waals surface area contributed by atoms with E-state index in [0.29, 0.717) is 6.61 Å². The molecule has 0 spiro atoms. The zero-order valence-corrected chi connectivity index (χ0v) is 9.99. The quantitative estimate of drug-likeness (QED) is 0.678.